The summed E-state index contributed by atoms with van der Waals surface area (Å²) in [5, 5.41) is 0.540. The first-order chi connectivity index (χ1) is 21.1. The van der Waals surface area contributed by atoms with Gasteiger partial charge >= 0.3 is 18.4 Å². The number of benzene rings is 3. The van der Waals surface area contributed by atoms with Gasteiger partial charge in [0.05, 0.1) is 53.9 Å². The van der Waals surface area contributed by atoms with Crippen molar-refractivity contribution in [2.75, 3.05) is 32.7 Å². The van der Waals surface area contributed by atoms with Crippen LogP contribution < -0.4 is 12.4 Å². The fraction of sp³-hybridized carbons (Fsp3) is 0.424. The third-order valence-electron chi connectivity index (χ3n) is 10.0. The molecule has 1 unspecified atom stereocenters. The molecule has 1 amide bonds. The molecule has 0 spiro atoms. The molecular weight excluding hydrogens is 677 g/mol. The Kier molecular flexibility index (Phi) is 9.36. The number of alkyl halides is 6. The molecule has 13 heteroatoms. The lowest BCUT2D eigenvalue weighted by Crippen LogP contribution is -3.00. The molecule has 46 heavy (non-hydrogen) atoms. The van der Waals surface area contributed by atoms with Crippen molar-refractivity contribution in [2.24, 2.45) is 0 Å². The highest BCUT2D eigenvalue weighted by atomic mass is 35.5. The van der Waals surface area contributed by atoms with Crippen molar-refractivity contribution in [3.8, 4) is 0 Å². The summed E-state index contributed by atoms with van der Waals surface area (Å²) < 4.78 is 88.0. The quantitative estimate of drug-likeness (QED) is 0.216. The molecule has 4 nitrogen and oxygen atoms in total. The summed E-state index contributed by atoms with van der Waals surface area (Å²) in [6.45, 7) is 2.97. The third kappa shape index (κ3) is 6.68. The summed E-state index contributed by atoms with van der Waals surface area (Å²) in [6, 6.07) is 16.8. The van der Waals surface area contributed by atoms with Crippen LogP contribution >= 0.6 is 23.2 Å². The Morgan fingerprint density at radius 1 is 0.783 bits per heavy atom. The number of cyclic esters (lactones) is 1. The SMILES string of the molecule is O=C1OC(CC[N+]23CCC(c4ccccc4)(CC2)CC3)(c2ccc(Cl)c(Cl)c2)CN1Cc1cc(C(F)(F)F)cc(C(F)(F)F)c1.[Cl-]. The van der Waals surface area contributed by atoms with E-state index in [4.69, 9.17) is 27.9 Å². The van der Waals surface area contributed by atoms with Crippen LogP contribution in [-0.4, -0.2) is 48.2 Å². The zero-order valence-electron chi connectivity index (χ0n) is 24.5. The van der Waals surface area contributed by atoms with Gasteiger partial charge in [0, 0.05) is 37.6 Å². The summed E-state index contributed by atoms with van der Waals surface area (Å²) in [7, 11) is 0. The number of carbonyl (C=O) groups is 1. The van der Waals surface area contributed by atoms with Crippen LogP contribution in [-0.2, 0) is 34.7 Å². The van der Waals surface area contributed by atoms with Crippen LogP contribution in [0.1, 0.15) is 53.5 Å². The van der Waals surface area contributed by atoms with Gasteiger partial charge in [-0.1, -0.05) is 59.6 Å². The van der Waals surface area contributed by atoms with E-state index in [-0.39, 0.29) is 41.0 Å². The summed E-state index contributed by atoms with van der Waals surface area (Å²) >= 11 is 12.5. The first-order valence-electron chi connectivity index (χ1n) is 14.7. The fourth-order valence-electron chi connectivity index (χ4n) is 7.33. The highest BCUT2D eigenvalue weighted by Crippen LogP contribution is 2.48. The number of rotatable bonds is 7. The highest BCUT2D eigenvalue weighted by molar-refractivity contribution is 6.42. The molecule has 4 aliphatic heterocycles. The topological polar surface area (TPSA) is 29.5 Å². The van der Waals surface area contributed by atoms with Crippen molar-refractivity contribution < 1.29 is 52.8 Å². The number of quaternary nitrogens is 1. The lowest BCUT2D eigenvalue weighted by atomic mass is 9.66. The fourth-order valence-corrected chi connectivity index (χ4v) is 7.63. The van der Waals surface area contributed by atoms with Gasteiger partial charge in [-0.15, -0.1) is 0 Å². The number of amides is 1. The van der Waals surface area contributed by atoms with Gasteiger partial charge in [-0.05, 0) is 47.0 Å². The van der Waals surface area contributed by atoms with Crippen LogP contribution in [0.4, 0.5) is 31.1 Å². The van der Waals surface area contributed by atoms with Crippen LogP contribution in [0.25, 0.3) is 0 Å². The summed E-state index contributed by atoms with van der Waals surface area (Å²) in [6.07, 6.45) is -7.35. The predicted octanol–water partition coefficient (Wildman–Crippen LogP) is 6.23. The molecule has 7 rings (SSSR count). The maximum Gasteiger partial charge on any atom is 0.416 e. The monoisotopic (exact) mass is 706 g/mol. The Morgan fingerprint density at radius 3 is 1.91 bits per heavy atom. The van der Waals surface area contributed by atoms with Gasteiger partial charge in [-0.3, -0.25) is 4.90 Å². The lowest BCUT2D eigenvalue weighted by molar-refractivity contribution is -0.944. The number of fused-ring (bicyclic) bond motifs is 3. The summed E-state index contributed by atoms with van der Waals surface area (Å²) in [5.41, 5.74) is -2.32. The van der Waals surface area contributed by atoms with Crippen molar-refractivity contribution in [3.05, 3.63) is 105 Å². The maximum atomic E-state index is 13.5. The molecule has 248 valence electrons. The minimum atomic E-state index is -5.00. The van der Waals surface area contributed by atoms with Gasteiger partial charge in [0.25, 0.3) is 0 Å². The molecule has 0 saturated carbocycles. The number of hydrogen-bond donors (Lipinski definition) is 0. The van der Waals surface area contributed by atoms with Crippen LogP contribution in [0.3, 0.4) is 0 Å². The van der Waals surface area contributed by atoms with Crippen molar-refractivity contribution in [2.45, 2.75) is 55.6 Å². The number of hydrogen-bond acceptors (Lipinski definition) is 2. The van der Waals surface area contributed by atoms with Crippen molar-refractivity contribution in [1.82, 2.24) is 4.90 Å². The Bertz CT molecular complexity index is 1540. The normalized spacial score (nSPS) is 26.2. The predicted molar refractivity (Wildman–Crippen MR) is 158 cm³/mol. The van der Waals surface area contributed by atoms with Gasteiger partial charge < -0.3 is 21.6 Å². The van der Waals surface area contributed by atoms with E-state index in [1.54, 1.807) is 18.2 Å². The van der Waals surface area contributed by atoms with Gasteiger partial charge in [0.15, 0.2) is 5.60 Å². The van der Waals surface area contributed by atoms with Gasteiger partial charge in [-0.25, -0.2) is 4.79 Å². The van der Waals surface area contributed by atoms with E-state index in [2.05, 4.69) is 24.3 Å². The largest absolute Gasteiger partial charge is 1.00 e. The third-order valence-corrected chi connectivity index (χ3v) is 10.8. The minimum Gasteiger partial charge on any atom is -1.00 e. The van der Waals surface area contributed by atoms with Crippen LogP contribution in [0.2, 0.25) is 10.0 Å². The van der Waals surface area contributed by atoms with Crippen molar-refractivity contribution in [3.63, 3.8) is 0 Å². The van der Waals surface area contributed by atoms with Crippen LogP contribution in [0.15, 0.2) is 66.7 Å². The zero-order chi connectivity index (χ0) is 32.3. The maximum absolute atomic E-state index is 13.5. The molecule has 0 aliphatic carbocycles. The zero-order valence-corrected chi connectivity index (χ0v) is 26.8. The average molecular weight is 708 g/mol. The molecule has 4 aliphatic rings. The van der Waals surface area contributed by atoms with E-state index in [0.29, 0.717) is 35.7 Å². The molecule has 4 saturated heterocycles. The molecule has 1 atom stereocenters. The molecule has 2 bridgehead atoms. The van der Waals surface area contributed by atoms with E-state index < -0.39 is 41.7 Å². The molecule has 0 N–H and O–H groups in total. The van der Waals surface area contributed by atoms with Crippen molar-refractivity contribution >= 4 is 29.3 Å². The van der Waals surface area contributed by atoms with E-state index in [0.717, 1.165) is 48.3 Å². The molecule has 4 fully saturated rings. The standard InChI is InChI=1S/C33H31Cl2F6N2O2.ClH/c34-27-7-6-24(19-28(27)35)31(11-15-43-12-8-30(9-13-43,10-14-43)23-4-2-1-3-5-23)21-42(29(44)45-31)20-22-16-25(32(36,37)38)18-26(17-22)33(39,40)41;/h1-7,16-19H,8-15,20-21H2;1H/q+1;/p-1. The first kappa shape index (κ1) is 34.7. The van der Waals surface area contributed by atoms with Gasteiger partial charge in [-0.2, -0.15) is 26.3 Å². The van der Waals surface area contributed by atoms with E-state index in [9.17, 15) is 31.1 Å². The second-order valence-electron chi connectivity index (χ2n) is 12.6. The second-order valence-corrected chi connectivity index (χ2v) is 13.5. The first-order valence-corrected chi connectivity index (χ1v) is 15.5. The molecule has 3 aromatic carbocycles. The molecule has 4 heterocycles. The van der Waals surface area contributed by atoms with Gasteiger partial charge in [0.1, 0.15) is 0 Å². The Morgan fingerprint density at radius 2 is 1.37 bits per heavy atom. The summed E-state index contributed by atoms with van der Waals surface area (Å²) in [4.78, 5) is 14.4. The Labute approximate surface area is 279 Å². The Hall–Kier alpha value is -2.66. The number of piperidine rings is 3. The number of ether oxygens (including phenoxy) is 1. The summed E-state index contributed by atoms with van der Waals surface area (Å²) in [5.74, 6) is 0. The minimum absolute atomic E-state index is 0. The molecule has 0 aromatic heterocycles. The van der Waals surface area contributed by atoms with Crippen molar-refractivity contribution in [1.29, 1.82) is 0 Å². The van der Waals surface area contributed by atoms with Crippen LogP contribution in [0.5, 0.6) is 0 Å². The smallest absolute Gasteiger partial charge is 0.416 e. The van der Waals surface area contributed by atoms with Gasteiger partial charge in [0.2, 0.25) is 0 Å². The average Bonchev–Trinajstić information content (AvgIpc) is 3.33. The van der Waals surface area contributed by atoms with E-state index in [1.165, 1.54) is 5.56 Å². The number of halogens is 9. The molecule has 0 radical (unpaired) electrons. The highest BCUT2D eigenvalue weighted by Gasteiger charge is 2.53. The number of carbonyl (C=O) groups excluding carboxylic acids is 1. The van der Waals surface area contributed by atoms with E-state index in [1.807, 2.05) is 6.07 Å². The van der Waals surface area contributed by atoms with E-state index >= 15 is 0 Å². The molecular formula is C33H31Cl3F6N2O2. The lowest BCUT2D eigenvalue weighted by Gasteiger charge is -2.55. The second kappa shape index (κ2) is 12.4. The Balaban J connectivity index is 0.00000417. The number of nitrogens with zero attached hydrogens (tertiary/aromatic N) is 2. The molecule has 3 aromatic rings. The van der Waals surface area contributed by atoms with Crippen LogP contribution in [0, 0.1) is 0 Å².